The molecule has 0 bridgehead atoms. The highest BCUT2D eigenvalue weighted by molar-refractivity contribution is 7.89. The summed E-state index contributed by atoms with van der Waals surface area (Å²) in [6, 6.07) is 3.65. The second-order valence-corrected chi connectivity index (χ2v) is 6.63. The number of carboxylic acid groups (broad SMARTS) is 1. The fraction of sp³-hybridized carbons (Fsp3) is 0.417. The van der Waals surface area contributed by atoms with E-state index in [-0.39, 0.29) is 15.7 Å². The Hall–Kier alpha value is -1.31. The van der Waals surface area contributed by atoms with Crippen LogP contribution in [0.3, 0.4) is 0 Å². The van der Waals surface area contributed by atoms with Gasteiger partial charge in [0, 0.05) is 11.1 Å². The van der Waals surface area contributed by atoms with Crippen LogP contribution in [0.2, 0.25) is 5.02 Å². The Balaban J connectivity index is 3.40. The highest BCUT2D eigenvalue weighted by Gasteiger charge is 2.31. The van der Waals surface area contributed by atoms with Crippen LogP contribution >= 0.6 is 11.6 Å². The maximum atomic E-state index is 12.6. The number of hydrogen-bond donors (Lipinski definition) is 1. The molecule has 0 aliphatic carbocycles. The minimum Gasteiger partial charge on any atom is -0.495 e. The van der Waals surface area contributed by atoms with Gasteiger partial charge in [-0.1, -0.05) is 11.6 Å². The van der Waals surface area contributed by atoms with E-state index in [2.05, 4.69) is 0 Å². The number of sulfonamides is 1. The van der Waals surface area contributed by atoms with Gasteiger partial charge in [-0.05, 0) is 32.0 Å². The lowest BCUT2D eigenvalue weighted by atomic mass is 10.3. The van der Waals surface area contributed by atoms with Crippen LogP contribution < -0.4 is 4.74 Å². The summed E-state index contributed by atoms with van der Waals surface area (Å²) in [5, 5.41) is 9.09. The molecule has 0 spiro atoms. The van der Waals surface area contributed by atoms with E-state index in [1.165, 1.54) is 25.3 Å². The Bertz CT molecular complexity index is 600. The molecule has 0 aromatic heterocycles. The highest BCUT2D eigenvalue weighted by Crippen LogP contribution is 2.30. The quantitative estimate of drug-likeness (QED) is 0.864. The van der Waals surface area contributed by atoms with Gasteiger partial charge in [-0.2, -0.15) is 4.31 Å². The minimum atomic E-state index is -4.02. The minimum absolute atomic E-state index is 0.116. The second kappa shape index (κ2) is 6.43. The molecule has 0 saturated heterocycles. The predicted octanol–water partition coefficient (Wildman–Crippen LogP) is 1.83. The smallest absolute Gasteiger partial charge is 0.318 e. The first-order chi connectivity index (χ1) is 9.20. The van der Waals surface area contributed by atoms with Crippen LogP contribution in [-0.4, -0.2) is 43.5 Å². The monoisotopic (exact) mass is 321 g/mol. The third-order valence-electron chi connectivity index (χ3n) is 2.58. The van der Waals surface area contributed by atoms with Gasteiger partial charge >= 0.3 is 5.97 Å². The molecule has 1 aromatic carbocycles. The highest BCUT2D eigenvalue weighted by atomic mass is 35.5. The Kier molecular flexibility index (Phi) is 5.38. The van der Waals surface area contributed by atoms with E-state index in [0.717, 1.165) is 4.31 Å². The molecule has 0 atom stereocenters. The third-order valence-corrected chi connectivity index (χ3v) is 4.86. The SMILES string of the molecule is COc1ccc(Cl)cc1S(=O)(=O)N(CC(=O)O)C(C)C. The summed E-state index contributed by atoms with van der Waals surface area (Å²) in [4.78, 5) is 10.7. The molecule has 0 saturated carbocycles. The van der Waals surface area contributed by atoms with E-state index >= 15 is 0 Å². The summed E-state index contributed by atoms with van der Waals surface area (Å²) in [7, 11) is -2.69. The Morgan fingerprint density at radius 2 is 2.05 bits per heavy atom. The molecular formula is C12H16ClNO5S. The lowest BCUT2D eigenvalue weighted by Gasteiger charge is -2.25. The van der Waals surface area contributed by atoms with E-state index in [1.54, 1.807) is 13.8 Å². The van der Waals surface area contributed by atoms with Crippen LogP contribution in [0, 0.1) is 0 Å². The number of ether oxygens (including phenoxy) is 1. The van der Waals surface area contributed by atoms with Crippen molar-refractivity contribution in [1.29, 1.82) is 0 Å². The normalized spacial score (nSPS) is 11.9. The van der Waals surface area contributed by atoms with Gasteiger partial charge in [-0.3, -0.25) is 4.79 Å². The van der Waals surface area contributed by atoms with Gasteiger partial charge in [0.05, 0.1) is 7.11 Å². The molecule has 8 heteroatoms. The van der Waals surface area contributed by atoms with Crippen molar-refractivity contribution >= 4 is 27.6 Å². The van der Waals surface area contributed by atoms with E-state index in [0.29, 0.717) is 0 Å². The summed E-state index contributed by atoms with van der Waals surface area (Å²) < 4.78 is 31.0. The fourth-order valence-corrected chi connectivity index (χ4v) is 3.66. The third kappa shape index (κ3) is 3.62. The number of nitrogens with zero attached hydrogens (tertiary/aromatic N) is 1. The van der Waals surface area contributed by atoms with Crippen molar-refractivity contribution in [3.63, 3.8) is 0 Å². The molecule has 0 amide bonds. The number of methoxy groups -OCH3 is 1. The molecule has 112 valence electrons. The number of hydrogen-bond acceptors (Lipinski definition) is 4. The maximum Gasteiger partial charge on any atom is 0.318 e. The molecule has 0 unspecified atom stereocenters. The van der Waals surface area contributed by atoms with E-state index in [1.807, 2.05) is 0 Å². The van der Waals surface area contributed by atoms with Gasteiger partial charge in [0.25, 0.3) is 0 Å². The summed E-state index contributed by atoms with van der Waals surface area (Å²) in [5.41, 5.74) is 0. The summed E-state index contributed by atoms with van der Waals surface area (Å²) >= 11 is 5.82. The van der Waals surface area contributed by atoms with Crippen LogP contribution in [0.4, 0.5) is 0 Å². The lowest BCUT2D eigenvalue weighted by Crippen LogP contribution is -2.40. The molecule has 20 heavy (non-hydrogen) atoms. The zero-order valence-corrected chi connectivity index (χ0v) is 12.9. The molecule has 1 rings (SSSR count). The van der Waals surface area contributed by atoms with Crippen molar-refractivity contribution in [2.75, 3.05) is 13.7 Å². The lowest BCUT2D eigenvalue weighted by molar-refractivity contribution is -0.137. The predicted molar refractivity (Wildman–Crippen MR) is 74.7 cm³/mol. The van der Waals surface area contributed by atoms with Gasteiger partial charge in [-0.25, -0.2) is 8.42 Å². The molecule has 0 aliphatic rings. The first-order valence-electron chi connectivity index (χ1n) is 5.77. The first-order valence-corrected chi connectivity index (χ1v) is 7.59. The van der Waals surface area contributed by atoms with Crippen LogP contribution in [0.15, 0.2) is 23.1 Å². The fourth-order valence-electron chi connectivity index (χ4n) is 1.66. The first kappa shape index (κ1) is 16.7. The standard InChI is InChI=1S/C12H16ClNO5S/c1-8(2)14(7-12(15)16)20(17,18)11-6-9(13)4-5-10(11)19-3/h4-6,8H,7H2,1-3H3,(H,15,16). The van der Waals surface area contributed by atoms with Gasteiger partial charge in [0.15, 0.2) is 0 Å². The number of carboxylic acids is 1. The molecule has 0 fully saturated rings. The van der Waals surface area contributed by atoms with Gasteiger partial charge in [0.2, 0.25) is 10.0 Å². The zero-order chi connectivity index (χ0) is 15.5. The van der Waals surface area contributed by atoms with Crippen molar-refractivity contribution < 1.29 is 23.1 Å². The molecule has 0 aliphatic heterocycles. The zero-order valence-electron chi connectivity index (χ0n) is 11.3. The Morgan fingerprint density at radius 3 is 2.50 bits per heavy atom. The van der Waals surface area contributed by atoms with Gasteiger partial charge in [-0.15, -0.1) is 0 Å². The largest absolute Gasteiger partial charge is 0.495 e. The number of carbonyl (C=O) groups is 1. The van der Waals surface area contributed by atoms with Gasteiger partial charge < -0.3 is 9.84 Å². The van der Waals surface area contributed by atoms with Crippen molar-refractivity contribution in [2.45, 2.75) is 24.8 Å². The summed E-state index contributed by atoms with van der Waals surface area (Å²) in [6.07, 6.45) is 0. The average molecular weight is 322 g/mol. The number of benzene rings is 1. The van der Waals surface area contributed by atoms with E-state index in [4.69, 9.17) is 21.4 Å². The van der Waals surface area contributed by atoms with Crippen molar-refractivity contribution in [2.24, 2.45) is 0 Å². The van der Waals surface area contributed by atoms with Crippen LogP contribution in [-0.2, 0) is 14.8 Å². The average Bonchev–Trinajstić information content (AvgIpc) is 2.35. The molecule has 1 aromatic rings. The molecular weight excluding hydrogens is 306 g/mol. The Morgan fingerprint density at radius 1 is 1.45 bits per heavy atom. The summed E-state index contributed by atoms with van der Waals surface area (Å²) in [5.74, 6) is -1.12. The molecule has 0 heterocycles. The Labute approximate surface area is 123 Å². The number of aliphatic carboxylic acids is 1. The van der Waals surface area contributed by atoms with Gasteiger partial charge in [0.1, 0.15) is 17.2 Å². The van der Waals surface area contributed by atoms with Crippen LogP contribution in [0.5, 0.6) is 5.75 Å². The number of halogens is 1. The van der Waals surface area contributed by atoms with Crippen molar-refractivity contribution in [3.8, 4) is 5.75 Å². The number of rotatable bonds is 6. The molecule has 6 nitrogen and oxygen atoms in total. The summed E-state index contributed by atoms with van der Waals surface area (Å²) in [6.45, 7) is 2.56. The topological polar surface area (TPSA) is 83.9 Å². The molecule has 1 N–H and O–H groups in total. The van der Waals surface area contributed by atoms with E-state index in [9.17, 15) is 13.2 Å². The maximum absolute atomic E-state index is 12.6. The van der Waals surface area contributed by atoms with E-state index < -0.39 is 28.6 Å². The second-order valence-electron chi connectivity index (χ2n) is 4.33. The van der Waals surface area contributed by atoms with Crippen molar-refractivity contribution in [3.05, 3.63) is 23.2 Å². The molecule has 0 radical (unpaired) electrons. The van der Waals surface area contributed by atoms with Crippen molar-refractivity contribution in [1.82, 2.24) is 4.31 Å². The van der Waals surface area contributed by atoms with Crippen LogP contribution in [0.25, 0.3) is 0 Å². The van der Waals surface area contributed by atoms with Crippen LogP contribution in [0.1, 0.15) is 13.8 Å².